The van der Waals surface area contributed by atoms with Gasteiger partial charge in [0.15, 0.2) is 0 Å². The summed E-state index contributed by atoms with van der Waals surface area (Å²) in [7, 11) is 0. The van der Waals surface area contributed by atoms with Gasteiger partial charge in [0.05, 0.1) is 6.10 Å². The Morgan fingerprint density at radius 2 is 1.73 bits per heavy atom. The Bertz CT molecular complexity index is 647. The maximum Gasteiger partial charge on any atom is 0.255 e. The van der Waals surface area contributed by atoms with Crippen LogP contribution in [0, 0.1) is 0 Å². The van der Waals surface area contributed by atoms with Gasteiger partial charge in [-0.15, -0.1) is 0 Å². The average molecular weight is 297 g/mol. The van der Waals surface area contributed by atoms with Crippen molar-refractivity contribution in [2.45, 2.75) is 39.7 Å². The standard InChI is InChI=1S/C19H23NO2/c1-13(2)17-10-5-6-11-18(17)20-19(21)15-8-7-9-16(12-15)22-14(3)4/h5-14H,1-4H3,(H,20,21). The zero-order valence-electron chi connectivity index (χ0n) is 13.6. The second-order valence-electron chi connectivity index (χ2n) is 5.89. The largest absolute Gasteiger partial charge is 0.491 e. The van der Waals surface area contributed by atoms with Gasteiger partial charge in [-0.05, 0) is 49.6 Å². The van der Waals surface area contributed by atoms with Gasteiger partial charge in [0, 0.05) is 11.3 Å². The molecule has 0 aliphatic carbocycles. The number of para-hydroxylation sites is 1. The van der Waals surface area contributed by atoms with Crippen molar-refractivity contribution in [1.82, 2.24) is 0 Å². The Morgan fingerprint density at radius 3 is 2.41 bits per heavy atom. The van der Waals surface area contributed by atoms with E-state index in [-0.39, 0.29) is 12.0 Å². The lowest BCUT2D eigenvalue weighted by atomic mass is 10.0. The number of carbonyl (C=O) groups excluding carboxylic acids is 1. The predicted octanol–water partition coefficient (Wildman–Crippen LogP) is 4.85. The molecule has 0 bridgehead atoms. The summed E-state index contributed by atoms with van der Waals surface area (Å²) in [5.74, 6) is 0.939. The summed E-state index contributed by atoms with van der Waals surface area (Å²) < 4.78 is 5.64. The number of hydrogen-bond donors (Lipinski definition) is 1. The highest BCUT2D eigenvalue weighted by atomic mass is 16.5. The first kappa shape index (κ1) is 16.1. The van der Waals surface area contributed by atoms with Gasteiger partial charge in [0.1, 0.15) is 5.75 Å². The zero-order valence-corrected chi connectivity index (χ0v) is 13.6. The molecule has 0 unspecified atom stereocenters. The molecule has 0 aliphatic heterocycles. The molecule has 2 rings (SSSR count). The Hall–Kier alpha value is -2.29. The first-order valence-electron chi connectivity index (χ1n) is 7.64. The van der Waals surface area contributed by atoms with Crippen LogP contribution < -0.4 is 10.1 Å². The van der Waals surface area contributed by atoms with E-state index in [0.29, 0.717) is 17.2 Å². The molecule has 2 aromatic carbocycles. The van der Waals surface area contributed by atoms with Gasteiger partial charge in [0.2, 0.25) is 0 Å². The number of anilines is 1. The number of amides is 1. The van der Waals surface area contributed by atoms with E-state index in [4.69, 9.17) is 4.74 Å². The maximum atomic E-state index is 12.5. The highest BCUT2D eigenvalue weighted by Gasteiger charge is 2.11. The van der Waals surface area contributed by atoms with Gasteiger partial charge >= 0.3 is 0 Å². The van der Waals surface area contributed by atoms with E-state index in [9.17, 15) is 4.79 Å². The Labute approximate surface area is 132 Å². The third-order valence-electron chi connectivity index (χ3n) is 3.30. The lowest BCUT2D eigenvalue weighted by Gasteiger charge is -2.14. The van der Waals surface area contributed by atoms with E-state index < -0.39 is 0 Å². The molecule has 0 heterocycles. The van der Waals surface area contributed by atoms with E-state index >= 15 is 0 Å². The third-order valence-corrected chi connectivity index (χ3v) is 3.30. The van der Waals surface area contributed by atoms with Crippen LogP contribution in [0.25, 0.3) is 0 Å². The van der Waals surface area contributed by atoms with E-state index in [2.05, 4.69) is 19.2 Å². The number of nitrogens with one attached hydrogen (secondary N) is 1. The van der Waals surface area contributed by atoms with Crippen molar-refractivity contribution < 1.29 is 9.53 Å². The van der Waals surface area contributed by atoms with Crippen molar-refractivity contribution in [3.05, 3.63) is 59.7 Å². The van der Waals surface area contributed by atoms with Crippen molar-refractivity contribution in [3.63, 3.8) is 0 Å². The van der Waals surface area contributed by atoms with Crippen LogP contribution >= 0.6 is 0 Å². The molecular formula is C19H23NO2. The summed E-state index contributed by atoms with van der Waals surface area (Å²) in [5.41, 5.74) is 2.58. The van der Waals surface area contributed by atoms with Crippen LogP contribution in [0.4, 0.5) is 5.69 Å². The van der Waals surface area contributed by atoms with Crippen molar-refractivity contribution in [2.75, 3.05) is 5.32 Å². The van der Waals surface area contributed by atoms with Crippen LogP contribution in [0.15, 0.2) is 48.5 Å². The monoisotopic (exact) mass is 297 g/mol. The lowest BCUT2D eigenvalue weighted by Crippen LogP contribution is -2.14. The Kier molecular flexibility index (Phi) is 5.21. The highest BCUT2D eigenvalue weighted by molar-refractivity contribution is 6.04. The zero-order chi connectivity index (χ0) is 16.1. The molecular weight excluding hydrogens is 274 g/mol. The summed E-state index contributed by atoms with van der Waals surface area (Å²) in [4.78, 5) is 12.5. The molecule has 22 heavy (non-hydrogen) atoms. The smallest absolute Gasteiger partial charge is 0.255 e. The second-order valence-corrected chi connectivity index (χ2v) is 5.89. The van der Waals surface area contributed by atoms with Crippen LogP contribution in [-0.2, 0) is 0 Å². The first-order chi connectivity index (χ1) is 10.5. The van der Waals surface area contributed by atoms with Gasteiger partial charge in [-0.3, -0.25) is 4.79 Å². The van der Waals surface area contributed by atoms with Crippen molar-refractivity contribution in [1.29, 1.82) is 0 Å². The van der Waals surface area contributed by atoms with Crippen LogP contribution in [0.1, 0.15) is 49.5 Å². The topological polar surface area (TPSA) is 38.3 Å². The molecule has 3 nitrogen and oxygen atoms in total. The number of hydrogen-bond acceptors (Lipinski definition) is 2. The molecule has 0 radical (unpaired) electrons. The van der Waals surface area contributed by atoms with Gasteiger partial charge in [-0.1, -0.05) is 38.1 Å². The molecule has 0 spiro atoms. The predicted molar refractivity (Wildman–Crippen MR) is 90.7 cm³/mol. The van der Waals surface area contributed by atoms with Crippen molar-refractivity contribution >= 4 is 11.6 Å². The minimum absolute atomic E-state index is 0.0833. The molecule has 0 atom stereocenters. The Balaban J connectivity index is 2.19. The number of ether oxygens (including phenoxy) is 1. The van der Waals surface area contributed by atoms with E-state index in [0.717, 1.165) is 11.3 Å². The number of rotatable bonds is 5. The average Bonchev–Trinajstić information content (AvgIpc) is 2.47. The van der Waals surface area contributed by atoms with Crippen LogP contribution in [-0.4, -0.2) is 12.0 Å². The summed E-state index contributed by atoms with van der Waals surface area (Å²) in [6.07, 6.45) is 0.0833. The molecule has 0 saturated carbocycles. The fourth-order valence-electron chi connectivity index (χ4n) is 2.29. The summed E-state index contributed by atoms with van der Waals surface area (Å²) in [6.45, 7) is 8.15. The third kappa shape index (κ3) is 4.10. The van der Waals surface area contributed by atoms with Crippen molar-refractivity contribution in [3.8, 4) is 5.75 Å². The van der Waals surface area contributed by atoms with Gasteiger partial charge in [-0.2, -0.15) is 0 Å². The molecule has 0 saturated heterocycles. The van der Waals surface area contributed by atoms with Gasteiger partial charge in [-0.25, -0.2) is 0 Å². The number of carbonyl (C=O) groups is 1. The summed E-state index contributed by atoms with van der Waals surface area (Å²) in [5, 5.41) is 2.99. The van der Waals surface area contributed by atoms with E-state index in [1.807, 2.05) is 50.2 Å². The summed E-state index contributed by atoms with van der Waals surface area (Å²) in [6, 6.07) is 15.1. The molecule has 0 aliphatic rings. The maximum absolute atomic E-state index is 12.5. The van der Waals surface area contributed by atoms with Crippen LogP contribution in [0.3, 0.4) is 0 Å². The molecule has 0 fully saturated rings. The molecule has 1 N–H and O–H groups in total. The molecule has 116 valence electrons. The first-order valence-corrected chi connectivity index (χ1v) is 7.64. The van der Waals surface area contributed by atoms with Crippen LogP contribution in [0.5, 0.6) is 5.75 Å². The summed E-state index contributed by atoms with van der Waals surface area (Å²) >= 11 is 0. The molecule has 3 heteroatoms. The molecule has 1 amide bonds. The minimum atomic E-state index is -0.123. The van der Waals surface area contributed by atoms with Crippen LogP contribution in [0.2, 0.25) is 0 Å². The van der Waals surface area contributed by atoms with E-state index in [1.54, 1.807) is 12.1 Å². The SMILES string of the molecule is CC(C)Oc1cccc(C(=O)Nc2ccccc2C(C)C)c1. The Morgan fingerprint density at radius 1 is 1.00 bits per heavy atom. The molecule has 0 aromatic heterocycles. The van der Waals surface area contributed by atoms with E-state index in [1.165, 1.54) is 0 Å². The van der Waals surface area contributed by atoms with Gasteiger partial charge < -0.3 is 10.1 Å². The fraction of sp³-hybridized carbons (Fsp3) is 0.316. The lowest BCUT2D eigenvalue weighted by molar-refractivity contribution is 0.102. The van der Waals surface area contributed by atoms with Crippen molar-refractivity contribution in [2.24, 2.45) is 0 Å². The number of benzene rings is 2. The highest BCUT2D eigenvalue weighted by Crippen LogP contribution is 2.24. The van der Waals surface area contributed by atoms with Gasteiger partial charge in [0.25, 0.3) is 5.91 Å². The quantitative estimate of drug-likeness (QED) is 0.856. The second kappa shape index (κ2) is 7.12. The molecule has 2 aromatic rings. The minimum Gasteiger partial charge on any atom is -0.491 e. The fourth-order valence-corrected chi connectivity index (χ4v) is 2.29. The normalized spacial score (nSPS) is 10.8.